The molecule has 0 heterocycles. The number of carbonyl (C=O) groups excluding carboxylic acids is 1. The van der Waals surface area contributed by atoms with Crippen LogP contribution in [0.2, 0.25) is 0 Å². The molecule has 35 heavy (non-hydrogen) atoms. The molecule has 5 rings (SSSR count). The third kappa shape index (κ3) is 4.75. The molecule has 1 N–H and O–H groups in total. The highest BCUT2D eigenvalue weighted by Crippen LogP contribution is 2.46. The van der Waals surface area contributed by atoms with Gasteiger partial charge in [-0.25, -0.2) is 5.43 Å². The highest BCUT2D eigenvalue weighted by molar-refractivity contribution is 6.49. The fourth-order valence-corrected chi connectivity index (χ4v) is 4.56. The number of benzene rings is 4. The Bertz CT molecular complexity index is 1420. The van der Waals surface area contributed by atoms with E-state index < -0.39 is 0 Å². The molecule has 0 saturated heterocycles. The Morgan fingerprint density at radius 2 is 1.03 bits per heavy atom. The van der Waals surface area contributed by atoms with Gasteiger partial charge in [-0.1, -0.05) is 121 Å². The van der Waals surface area contributed by atoms with E-state index in [9.17, 15) is 4.79 Å². The van der Waals surface area contributed by atoms with Crippen molar-refractivity contribution in [2.75, 3.05) is 0 Å². The molecular weight excluding hydrogens is 428 g/mol. The van der Waals surface area contributed by atoms with Crippen molar-refractivity contribution in [3.63, 3.8) is 0 Å². The zero-order valence-corrected chi connectivity index (χ0v) is 19.6. The van der Waals surface area contributed by atoms with E-state index in [1.54, 1.807) is 0 Å². The first-order chi connectivity index (χ1) is 17.2. The molecule has 3 nitrogen and oxygen atoms in total. The summed E-state index contributed by atoms with van der Waals surface area (Å²) < 4.78 is 0. The lowest BCUT2D eigenvalue weighted by Crippen LogP contribution is -2.22. The third-order valence-corrected chi connectivity index (χ3v) is 6.15. The van der Waals surface area contributed by atoms with Crippen molar-refractivity contribution in [3.05, 3.63) is 149 Å². The van der Waals surface area contributed by atoms with Crippen LogP contribution in [0.3, 0.4) is 0 Å². The van der Waals surface area contributed by atoms with E-state index in [0.717, 1.165) is 50.3 Å². The molecule has 3 heteroatoms. The van der Waals surface area contributed by atoms with Crippen LogP contribution in [0, 0.1) is 0 Å². The maximum absolute atomic E-state index is 12.8. The van der Waals surface area contributed by atoms with E-state index in [0.29, 0.717) is 0 Å². The van der Waals surface area contributed by atoms with Crippen LogP contribution in [0.5, 0.6) is 0 Å². The van der Waals surface area contributed by atoms with Gasteiger partial charge < -0.3 is 0 Å². The Morgan fingerprint density at radius 1 is 0.600 bits per heavy atom. The van der Waals surface area contributed by atoms with Gasteiger partial charge in [0.15, 0.2) is 0 Å². The fourth-order valence-electron chi connectivity index (χ4n) is 4.56. The Kier molecular flexibility index (Phi) is 6.49. The summed E-state index contributed by atoms with van der Waals surface area (Å²) in [6.45, 7) is 2.09. The molecule has 0 saturated carbocycles. The average Bonchev–Trinajstić information content (AvgIpc) is 3.21. The summed E-state index contributed by atoms with van der Waals surface area (Å²) >= 11 is 0. The maximum atomic E-state index is 12.8. The SMILES string of the molecule is CC1=C(c2ccccc2)C(c2ccccc2)=C(c2ccccc2)C1=NNC(=O)Cc1ccccc1. The summed E-state index contributed by atoms with van der Waals surface area (Å²) in [7, 11) is 0. The zero-order valence-electron chi connectivity index (χ0n) is 19.6. The molecule has 0 aromatic heterocycles. The molecule has 1 aliphatic rings. The first-order valence-corrected chi connectivity index (χ1v) is 11.8. The number of nitrogens with zero attached hydrogens (tertiary/aromatic N) is 1. The van der Waals surface area contributed by atoms with Gasteiger partial charge in [-0.3, -0.25) is 4.79 Å². The molecular formula is C32H26N2O. The molecule has 0 aliphatic heterocycles. The van der Waals surface area contributed by atoms with Gasteiger partial charge in [0, 0.05) is 5.57 Å². The summed E-state index contributed by atoms with van der Waals surface area (Å²) in [6, 6.07) is 40.8. The number of nitrogens with one attached hydrogen (secondary N) is 1. The first-order valence-electron chi connectivity index (χ1n) is 11.8. The zero-order chi connectivity index (χ0) is 24.0. The van der Waals surface area contributed by atoms with Gasteiger partial charge in [-0.05, 0) is 45.9 Å². The molecule has 170 valence electrons. The molecule has 1 amide bonds. The van der Waals surface area contributed by atoms with Crippen molar-refractivity contribution < 1.29 is 4.79 Å². The van der Waals surface area contributed by atoms with Gasteiger partial charge in [0.1, 0.15) is 0 Å². The highest BCUT2D eigenvalue weighted by atomic mass is 16.2. The van der Waals surface area contributed by atoms with Crippen LogP contribution in [-0.4, -0.2) is 11.6 Å². The minimum absolute atomic E-state index is 0.140. The van der Waals surface area contributed by atoms with Crippen molar-refractivity contribution in [2.24, 2.45) is 5.10 Å². The molecule has 0 atom stereocenters. The second-order valence-electron chi connectivity index (χ2n) is 8.51. The van der Waals surface area contributed by atoms with Crippen LogP contribution in [0.15, 0.2) is 132 Å². The highest BCUT2D eigenvalue weighted by Gasteiger charge is 2.31. The van der Waals surface area contributed by atoms with Gasteiger partial charge in [-0.2, -0.15) is 5.10 Å². The predicted molar refractivity (Wildman–Crippen MR) is 144 cm³/mol. The molecule has 0 spiro atoms. The number of hydrogen-bond acceptors (Lipinski definition) is 2. The van der Waals surface area contributed by atoms with Crippen LogP contribution < -0.4 is 5.43 Å². The van der Waals surface area contributed by atoms with Crippen molar-refractivity contribution in [1.29, 1.82) is 0 Å². The van der Waals surface area contributed by atoms with Crippen LogP contribution in [0.25, 0.3) is 16.7 Å². The number of hydrazone groups is 1. The van der Waals surface area contributed by atoms with Crippen molar-refractivity contribution in [1.82, 2.24) is 5.43 Å². The van der Waals surface area contributed by atoms with Crippen LogP contribution >= 0.6 is 0 Å². The van der Waals surface area contributed by atoms with Crippen molar-refractivity contribution >= 4 is 28.3 Å². The summed E-state index contributed by atoms with van der Waals surface area (Å²) in [5, 5.41) is 4.71. The molecule has 4 aromatic rings. The summed E-state index contributed by atoms with van der Waals surface area (Å²) in [6.07, 6.45) is 0.280. The third-order valence-electron chi connectivity index (χ3n) is 6.15. The van der Waals surface area contributed by atoms with Crippen molar-refractivity contribution in [2.45, 2.75) is 13.3 Å². The monoisotopic (exact) mass is 454 g/mol. The smallest absolute Gasteiger partial charge is 0.244 e. The molecule has 0 bridgehead atoms. The lowest BCUT2D eigenvalue weighted by Gasteiger charge is -2.13. The minimum atomic E-state index is -0.140. The van der Waals surface area contributed by atoms with Crippen molar-refractivity contribution in [3.8, 4) is 0 Å². The second-order valence-corrected chi connectivity index (χ2v) is 8.51. The minimum Gasteiger partial charge on any atom is -0.273 e. The summed E-state index contributed by atoms with van der Waals surface area (Å²) in [5.41, 5.74) is 12.2. The van der Waals surface area contributed by atoms with Gasteiger partial charge in [0.25, 0.3) is 0 Å². The molecule has 4 aromatic carbocycles. The standard InChI is InChI=1S/C32H26N2O/c1-23-29(25-16-8-3-9-17-25)30(26-18-10-4-11-19-26)31(27-20-12-5-13-21-27)32(23)34-33-28(35)22-24-14-6-2-7-15-24/h2-21H,22H2,1H3,(H,33,35). The van der Waals surface area contributed by atoms with E-state index >= 15 is 0 Å². The Balaban J connectivity index is 1.65. The van der Waals surface area contributed by atoms with Crippen LogP contribution in [0.4, 0.5) is 0 Å². The molecule has 0 unspecified atom stereocenters. The summed E-state index contributed by atoms with van der Waals surface area (Å²) in [4.78, 5) is 12.8. The molecule has 1 aliphatic carbocycles. The van der Waals surface area contributed by atoms with Crippen LogP contribution in [-0.2, 0) is 11.2 Å². The quantitative estimate of drug-likeness (QED) is 0.320. The normalized spacial score (nSPS) is 14.5. The van der Waals surface area contributed by atoms with E-state index in [-0.39, 0.29) is 12.3 Å². The number of amides is 1. The molecule has 0 fully saturated rings. The number of rotatable bonds is 6. The van der Waals surface area contributed by atoms with Crippen LogP contribution in [0.1, 0.15) is 29.2 Å². The summed E-state index contributed by atoms with van der Waals surface area (Å²) in [5.74, 6) is -0.140. The predicted octanol–water partition coefficient (Wildman–Crippen LogP) is 6.80. The Labute approximate surface area is 206 Å². The van der Waals surface area contributed by atoms with Gasteiger partial charge >= 0.3 is 0 Å². The largest absolute Gasteiger partial charge is 0.273 e. The fraction of sp³-hybridized carbons (Fsp3) is 0.0625. The van der Waals surface area contributed by atoms with E-state index in [1.807, 2.05) is 60.7 Å². The van der Waals surface area contributed by atoms with E-state index in [4.69, 9.17) is 5.10 Å². The number of allylic oxidation sites excluding steroid dienone is 4. The van der Waals surface area contributed by atoms with Gasteiger partial charge in [0.2, 0.25) is 5.91 Å². The Morgan fingerprint density at radius 3 is 1.54 bits per heavy atom. The van der Waals surface area contributed by atoms with E-state index in [2.05, 4.69) is 73.0 Å². The first kappa shape index (κ1) is 22.3. The number of hydrogen-bond donors (Lipinski definition) is 1. The topological polar surface area (TPSA) is 41.5 Å². The number of carbonyl (C=O) groups is 1. The lowest BCUT2D eigenvalue weighted by atomic mass is 9.90. The molecule has 0 radical (unpaired) electrons. The van der Waals surface area contributed by atoms with Gasteiger partial charge in [0.05, 0.1) is 12.1 Å². The Hall–Kier alpha value is -4.50. The maximum Gasteiger partial charge on any atom is 0.244 e. The van der Waals surface area contributed by atoms with Gasteiger partial charge in [-0.15, -0.1) is 0 Å². The second kappa shape index (κ2) is 10.2. The average molecular weight is 455 g/mol. The lowest BCUT2D eigenvalue weighted by molar-refractivity contribution is -0.120. The van der Waals surface area contributed by atoms with E-state index in [1.165, 1.54) is 0 Å².